The third-order valence-corrected chi connectivity index (χ3v) is 2.93. The minimum atomic E-state index is -0.251. The second kappa shape index (κ2) is 5.22. The fourth-order valence-electron chi connectivity index (χ4n) is 2.09. The molecule has 1 aliphatic carbocycles. The van der Waals surface area contributed by atoms with Crippen molar-refractivity contribution >= 4 is 5.91 Å². The number of amides is 1. The highest BCUT2D eigenvalue weighted by molar-refractivity contribution is 5.75. The number of nitrogens with one attached hydrogen (secondary N) is 1. The first-order valence-corrected chi connectivity index (χ1v) is 5.24. The molecular weight excluding hydrogens is 164 g/mol. The predicted molar refractivity (Wildman–Crippen MR) is 53.2 cm³/mol. The van der Waals surface area contributed by atoms with E-state index in [1.54, 1.807) is 0 Å². The van der Waals surface area contributed by atoms with Crippen LogP contribution in [-0.4, -0.2) is 18.5 Å². The fraction of sp³-hybridized carbons (Fsp3) is 0.900. The Balaban J connectivity index is 2.21. The number of primary amides is 1. The Morgan fingerprint density at radius 1 is 1.54 bits per heavy atom. The lowest BCUT2D eigenvalue weighted by atomic mass is 9.84. The highest BCUT2D eigenvalue weighted by atomic mass is 16.1. The summed E-state index contributed by atoms with van der Waals surface area (Å²) in [7, 11) is 0. The van der Waals surface area contributed by atoms with E-state index in [0.717, 1.165) is 5.92 Å². The van der Waals surface area contributed by atoms with Gasteiger partial charge in [0.05, 0.1) is 6.54 Å². The summed E-state index contributed by atoms with van der Waals surface area (Å²) in [5, 5.41) is 3.21. The lowest BCUT2D eigenvalue weighted by molar-refractivity contribution is -0.117. The maximum absolute atomic E-state index is 10.6. The molecule has 3 nitrogen and oxygen atoms in total. The molecule has 0 radical (unpaired) electrons. The van der Waals surface area contributed by atoms with Crippen LogP contribution in [0.15, 0.2) is 0 Å². The van der Waals surface area contributed by atoms with Gasteiger partial charge in [0.25, 0.3) is 0 Å². The Morgan fingerprint density at radius 3 is 2.92 bits per heavy atom. The third-order valence-electron chi connectivity index (χ3n) is 2.93. The molecule has 1 fully saturated rings. The smallest absolute Gasteiger partial charge is 0.231 e. The van der Waals surface area contributed by atoms with Gasteiger partial charge in [-0.15, -0.1) is 0 Å². The summed E-state index contributed by atoms with van der Waals surface area (Å²) in [4.78, 5) is 10.6. The molecule has 0 heterocycles. The average Bonchev–Trinajstić information content (AvgIpc) is 2.15. The maximum atomic E-state index is 10.6. The van der Waals surface area contributed by atoms with E-state index < -0.39 is 0 Å². The monoisotopic (exact) mass is 184 g/mol. The van der Waals surface area contributed by atoms with Crippen LogP contribution in [-0.2, 0) is 4.79 Å². The van der Waals surface area contributed by atoms with Crippen molar-refractivity contribution in [3.63, 3.8) is 0 Å². The Morgan fingerprint density at radius 2 is 2.31 bits per heavy atom. The number of hydrogen-bond acceptors (Lipinski definition) is 2. The molecule has 0 bridgehead atoms. The SMILES string of the molecule is CCC1CCC[C@@H](NCC(N)=O)C1. The van der Waals surface area contributed by atoms with Gasteiger partial charge in [0, 0.05) is 6.04 Å². The van der Waals surface area contributed by atoms with Crippen LogP contribution in [0.4, 0.5) is 0 Å². The standard InChI is InChI=1S/C10H20N2O/c1-2-8-4-3-5-9(6-8)12-7-10(11)13/h8-9,12H,2-7H2,1H3,(H2,11,13)/t8?,9-/m1/s1. The van der Waals surface area contributed by atoms with Crippen molar-refractivity contribution in [2.75, 3.05) is 6.54 Å². The van der Waals surface area contributed by atoms with Crippen molar-refractivity contribution in [2.24, 2.45) is 11.7 Å². The predicted octanol–water partition coefficient (Wildman–Crippen LogP) is 1.03. The molecule has 0 aromatic rings. The zero-order valence-corrected chi connectivity index (χ0v) is 8.38. The zero-order chi connectivity index (χ0) is 9.68. The molecule has 0 aliphatic heterocycles. The van der Waals surface area contributed by atoms with Crippen molar-refractivity contribution in [1.29, 1.82) is 0 Å². The molecular formula is C10H20N2O. The average molecular weight is 184 g/mol. The van der Waals surface area contributed by atoms with Gasteiger partial charge in [0.1, 0.15) is 0 Å². The fourth-order valence-corrected chi connectivity index (χ4v) is 2.09. The third kappa shape index (κ3) is 3.77. The van der Waals surface area contributed by atoms with Crippen LogP contribution in [0.1, 0.15) is 39.0 Å². The second-order valence-corrected chi connectivity index (χ2v) is 3.99. The van der Waals surface area contributed by atoms with Gasteiger partial charge in [-0.25, -0.2) is 0 Å². The number of carbonyl (C=O) groups excluding carboxylic acids is 1. The summed E-state index contributed by atoms with van der Waals surface area (Å²) in [6.07, 6.45) is 6.31. The molecule has 1 unspecified atom stereocenters. The van der Waals surface area contributed by atoms with Crippen LogP contribution >= 0.6 is 0 Å². The van der Waals surface area contributed by atoms with E-state index in [0.29, 0.717) is 12.6 Å². The summed E-state index contributed by atoms with van der Waals surface area (Å²) >= 11 is 0. The highest BCUT2D eigenvalue weighted by Crippen LogP contribution is 2.26. The van der Waals surface area contributed by atoms with E-state index in [1.807, 2.05) is 0 Å². The lowest BCUT2D eigenvalue weighted by Gasteiger charge is -2.28. The minimum absolute atomic E-state index is 0.251. The van der Waals surface area contributed by atoms with Gasteiger partial charge in [-0.1, -0.05) is 26.2 Å². The highest BCUT2D eigenvalue weighted by Gasteiger charge is 2.20. The van der Waals surface area contributed by atoms with E-state index >= 15 is 0 Å². The minimum Gasteiger partial charge on any atom is -0.369 e. The first-order valence-electron chi connectivity index (χ1n) is 5.24. The Labute approximate surface area is 80.1 Å². The molecule has 3 N–H and O–H groups in total. The van der Waals surface area contributed by atoms with Gasteiger partial charge in [-0.2, -0.15) is 0 Å². The van der Waals surface area contributed by atoms with Crippen molar-refractivity contribution in [2.45, 2.75) is 45.1 Å². The van der Waals surface area contributed by atoms with Gasteiger partial charge in [0.2, 0.25) is 5.91 Å². The van der Waals surface area contributed by atoms with Crippen molar-refractivity contribution in [3.05, 3.63) is 0 Å². The van der Waals surface area contributed by atoms with Crippen molar-refractivity contribution in [1.82, 2.24) is 5.32 Å². The van der Waals surface area contributed by atoms with E-state index in [-0.39, 0.29) is 5.91 Å². The molecule has 1 rings (SSSR count). The van der Waals surface area contributed by atoms with Gasteiger partial charge in [0.15, 0.2) is 0 Å². The van der Waals surface area contributed by atoms with E-state index in [2.05, 4.69) is 12.2 Å². The van der Waals surface area contributed by atoms with Gasteiger partial charge >= 0.3 is 0 Å². The molecule has 1 aliphatic rings. The molecule has 13 heavy (non-hydrogen) atoms. The van der Waals surface area contributed by atoms with Crippen LogP contribution in [0.2, 0.25) is 0 Å². The van der Waals surface area contributed by atoms with Gasteiger partial charge in [-0.3, -0.25) is 4.79 Å². The second-order valence-electron chi connectivity index (χ2n) is 3.99. The number of hydrogen-bond donors (Lipinski definition) is 2. The Hall–Kier alpha value is -0.570. The normalized spacial score (nSPS) is 28.7. The summed E-state index contributed by atoms with van der Waals surface area (Å²) in [6.45, 7) is 2.57. The first-order chi connectivity index (χ1) is 6.22. The van der Waals surface area contributed by atoms with Crippen LogP contribution in [0.5, 0.6) is 0 Å². The van der Waals surface area contributed by atoms with E-state index in [9.17, 15) is 4.79 Å². The number of nitrogens with two attached hydrogens (primary N) is 1. The van der Waals surface area contributed by atoms with Crippen molar-refractivity contribution in [3.8, 4) is 0 Å². The molecule has 76 valence electrons. The Bertz CT molecular complexity index is 170. The van der Waals surface area contributed by atoms with E-state index in [1.165, 1.54) is 32.1 Å². The van der Waals surface area contributed by atoms with Crippen LogP contribution in [0, 0.1) is 5.92 Å². The molecule has 0 saturated heterocycles. The number of carbonyl (C=O) groups is 1. The lowest BCUT2D eigenvalue weighted by Crippen LogP contribution is -2.39. The van der Waals surface area contributed by atoms with Crippen LogP contribution in [0.3, 0.4) is 0 Å². The van der Waals surface area contributed by atoms with E-state index in [4.69, 9.17) is 5.73 Å². The molecule has 0 spiro atoms. The number of rotatable bonds is 4. The first kappa shape index (κ1) is 10.5. The Kier molecular flexibility index (Phi) is 4.22. The molecule has 0 aromatic carbocycles. The molecule has 1 amide bonds. The van der Waals surface area contributed by atoms with Crippen LogP contribution < -0.4 is 11.1 Å². The maximum Gasteiger partial charge on any atom is 0.231 e. The summed E-state index contributed by atoms with van der Waals surface area (Å²) in [5.74, 6) is 0.595. The molecule has 1 saturated carbocycles. The molecule has 0 aromatic heterocycles. The summed E-state index contributed by atoms with van der Waals surface area (Å²) < 4.78 is 0. The van der Waals surface area contributed by atoms with Crippen LogP contribution in [0.25, 0.3) is 0 Å². The molecule has 2 atom stereocenters. The van der Waals surface area contributed by atoms with Crippen molar-refractivity contribution < 1.29 is 4.79 Å². The summed E-state index contributed by atoms with van der Waals surface area (Å²) in [6, 6.07) is 0.520. The van der Waals surface area contributed by atoms with Gasteiger partial charge in [-0.05, 0) is 18.8 Å². The summed E-state index contributed by atoms with van der Waals surface area (Å²) in [5.41, 5.74) is 5.08. The largest absolute Gasteiger partial charge is 0.369 e. The topological polar surface area (TPSA) is 55.1 Å². The van der Waals surface area contributed by atoms with Gasteiger partial charge < -0.3 is 11.1 Å². The molecule has 3 heteroatoms. The zero-order valence-electron chi connectivity index (χ0n) is 8.38. The quantitative estimate of drug-likeness (QED) is 0.685.